The highest BCUT2D eigenvalue weighted by Gasteiger charge is 2.31. The molecule has 8 heteroatoms. The molecule has 1 amide bonds. The van der Waals surface area contributed by atoms with Crippen molar-refractivity contribution in [1.82, 2.24) is 24.8 Å². The molecule has 5 rings (SSSR count). The van der Waals surface area contributed by atoms with Gasteiger partial charge in [0.25, 0.3) is 5.91 Å². The van der Waals surface area contributed by atoms with E-state index in [-0.39, 0.29) is 17.9 Å². The minimum Gasteiger partial charge on any atom is -0.477 e. The van der Waals surface area contributed by atoms with Gasteiger partial charge in [-0.25, -0.2) is 19.9 Å². The molecule has 0 radical (unpaired) electrons. The van der Waals surface area contributed by atoms with Gasteiger partial charge in [0, 0.05) is 42.5 Å². The van der Waals surface area contributed by atoms with Crippen molar-refractivity contribution in [3.05, 3.63) is 78.9 Å². The molecule has 3 aromatic heterocycles. The van der Waals surface area contributed by atoms with Gasteiger partial charge in [-0.3, -0.25) is 4.79 Å². The van der Waals surface area contributed by atoms with Crippen LogP contribution in [0.2, 0.25) is 0 Å². The standard InChI is InChI=1S/C26H25N5O3/c1-18-10-11-19(17-34-23-9-4-8-22(30-23)25-29-14-15-33-25)16-31(18)26(32)21-7-3-2-6-20(21)24-27-12-5-13-28-24/h2-9,12-15,18-19H,10-11,16-17H2,1H3. The molecule has 4 aromatic rings. The third kappa shape index (κ3) is 4.66. The molecule has 34 heavy (non-hydrogen) atoms. The fourth-order valence-electron chi connectivity index (χ4n) is 4.23. The van der Waals surface area contributed by atoms with Gasteiger partial charge >= 0.3 is 0 Å². The second kappa shape index (κ2) is 9.82. The number of oxazole rings is 1. The Kier molecular flexibility index (Phi) is 6.29. The number of ether oxygens (including phenoxy) is 1. The molecule has 172 valence electrons. The summed E-state index contributed by atoms with van der Waals surface area (Å²) in [6.07, 6.45) is 8.36. The number of benzene rings is 1. The van der Waals surface area contributed by atoms with Crippen LogP contribution in [0.15, 0.2) is 77.8 Å². The first-order valence-corrected chi connectivity index (χ1v) is 11.4. The number of amides is 1. The molecule has 1 aliphatic rings. The summed E-state index contributed by atoms with van der Waals surface area (Å²) < 4.78 is 11.3. The van der Waals surface area contributed by atoms with Gasteiger partial charge < -0.3 is 14.1 Å². The number of carbonyl (C=O) groups is 1. The van der Waals surface area contributed by atoms with Gasteiger partial charge in [-0.15, -0.1) is 0 Å². The average molecular weight is 456 g/mol. The number of hydrogen-bond acceptors (Lipinski definition) is 7. The molecule has 1 aromatic carbocycles. The molecule has 1 fully saturated rings. The lowest BCUT2D eigenvalue weighted by Gasteiger charge is -2.38. The Balaban J connectivity index is 1.29. The molecule has 0 spiro atoms. The second-order valence-corrected chi connectivity index (χ2v) is 8.38. The van der Waals surface area contributed by atoms with Crippen molar-refractivity contribution in [2.24, 2.45) is 5.92 Å². The van der Waals surface area contributed by atoms with Gasteiger partial charge in [0.15, 0.2) is 5.82 Å². The summed E-state index contributed by atoms with van der Waals surface area (Å²) in [5, 5.41) is 0. The predicted octanol–water partition coefficient (Wildman–Crippen LogP) is 4.51. The molecular formula is C26H25N5O3. The lowest BCUT2D eigenvalue weighted by atomic mass is 9.92. The first-order valence-electron chi connectivity index (χ1n) is 11.4. The fraction of sp³-hybridized carbons (Fsp3) is 0.269. The number of carbonyl (C=O) groups excluding carboxylic acids is 1. The van der Waals surface area contributed by atoms with Crippen LogP contribution in [0.25, 0.3) is 23.0 Å². The lowest BCUT2D eigenvalue weighted by Crippen LogP contribution is -2.47. The van der Waals surface area contributed by atoms with Gasteiger partial charge in [0.2, 0.25) is 11.8 Å². The number of hydrogen-bond donors (Lipinski definition) is 0. The zero-order chi connectivity index (χ0) is 23.3. The van der Waals surface area contributed by atoms with Gasteiger partial charge in [-0.05, 0) is 38.0 Å². The number of nitrogens with zero attached hydrogens (tertiary/aromatic N) is 5. The minimum absolute atomic E-state index is 0.00994. The summed E-state index contributed by atoms with van der Waals surface area (Å²) in [5.41, 5.74) is 1.98. The molecule has 2 unspecified atom stereocenters. The molecule has 4 heterocycles. The van der Waals surface area contributed by atoms with E-state index in [0.717, 1.165) is 18.4 Å². The molecule has 8 nitrogen and oxygen atoms in total. The maximum Gasteiger partial charge on any atom is 0.254 e. The van der Waals surface area contributed by atoms with Crippen LogP contribution in [0.5, 0.6) is 5.88 Å². The first kappa shape index (κ1) is 21.8. The van der Waals surface area contributed by atoms with Crippen molar-refractivity contribution in [3.63, 3.8) is 0 Å². The van der Waals surface area contributed by atoms with E-state index in [9.17, 15) is 4.79 Å². The van der Waals surface area contributed by atoms with E-state index in [1.807, 2.05) is 47.4 Å². The van der Waals surface area contributed by atoms with Crippen molar-refractivity contribution in [2.75, 3.05) is 13.2 Å². The normalized spacial score (nSPS) is 18.0. The Bertz CT molecular complexity index is 1250. The van der Waals surface area contributed by atoms with Crippen LogP contribution in [0.3, 0.4) is 0 Å². The van der Waals surface area contributed by atoms with Gasteiger partial charge in [-0.2, -0.15) is 0 Å². The van der Waals surface area contributed by atoms with Crippen LogP contribution in [0, 0.1) is 5.92 Å². The SMILES string of the molecule is CC1CCC(COc2cccc(-c3ncco3)n2)CN1C(=O)c1ccccc1-c1ncccn1. The number of rotatable bonds is 6. The molecule has 1 aliphatic heterocycles. The average Bonchev–Trinajstić information content (AvgIpc) is 3.44. The topological polar surface area (TPSA) is 94.2 Å². The molecule has 0 aliphatic carbocycles. The van der Waals surface area contributed by atoms with E-state index in [2.05, 4.69) is 26.9 Å². The molecule has 0 N–H and O–H groups in total. The zero-order valence-corrected chi connectivity index (χ0v) is 18.9. The smallest absolute Gasteiger partial charge is 0.254 e. The maximum atomic E-state index is 13.6. The Morgan fingerprint density at radius 3 is 2.71 bits per heavy atom. The Morgan fingerprint density at radius 1 is 1.03 bits per heavy atom. The third-order valence-corrected chi connectivity index (χ3v) is 6.05. The number of piperidine rings is 1. The van der Waals surface area contributed by atoms with E-state index < -0.39 is 0 Å². The number of likely N-dealkylation sites (tertiary alicyclic amines) is 1. The predicted molar refractivity (Wildman–Crippen MR) is 126 cm³/mol. The lowest BCUT2D eigenvalue weighted by molar-refractivity contribution is 0.0503. The summed E-state index contributed by atoms with van der Waals surface area (Å²) in [6.45, 7) is 3.18. The van der Waals surface area contributed by atoms with Crippen LogP contribution in [-0.2, 0) is 0 Å². The molecular weight excluding hydrogens is 430 g/mol. The van der Waals surface area contributed by atoms with Crippen molar-refractivity contribution in [1.29, 1.82) is 0 Å². The van der Waals surface area contributed by atoms with Crippen LogP contribution >= 0.6 is 0 Å². The Morgan fingerprint density at radius 2 is 1.88 bits per heavy atom. The van der Waals surface area contributed by atoms with Gasteiger partial charge in [-0.1, -0.05) is 24.3 Å². The molecule has 0 saturated carbocycles. The monoisotopic (exact) mass is 455 g/mol. The van der Waals surface area contributed by atoms with Crippen molar-refractivity contribution < 1.29 is 13.9 Å². The van der Waals surface area contributed by atoms with E-state index in [0.29, 0.717) is 42.0 Å². The van der Waals surface area contributed by atoms with Crippen molar-refractivity contribution in [2.45, 2.75) is 25.8 Å². The van der Waals surface area contributed by atoms with E-state index in [1.165, 1.54) is 6.26 Å². The van der Waals surface area contributed by atoms with Crippen LogP contribution in [-0.4, -0.2) is 49.9 Å². The maximum absolute atomic E-state index is 13.6. The van der Waals surface area contributed by atoms with Crippen molar-refractivity contribution >= 4 is 5.91 Å². The summed E-state index contributed by atoms with van der Waals surface area (Å²) in [6, 6.07) is 14.9. The van der Waals surface area contributed by atoms with Crippen LogP contribution < -0.4 is 4.74 Å². The highest BCUT2D eigenvalue weighted by atomic mass is 16.5. The summed E-state index contributed by atoms with van der Waals surface area (Å²) in [4.78, 5) is 32.8. The molecule has 0 bridgehead atoms. The van der Waals surface area contributed by atoms with Crippen LogP contribution in [0.4, 0.5) is 0 Å². The van der Waals surface area contributed by atoms with Gasteiger partial charge in [0.1, 0.15) is 12.0 Å². The zero-order valence-electron chi connectivity index (χ0n) is 18.9. The second-order valence-electron chi connectivity index (χ2n) is 8.38. The summed E-state index contributed by atoms with van der Waals surface area (Å²) in [7, 11) is 0. The van der Waals surface area contributed by atoms with Gasteiger partial charge in [0.05, 0.1) is 18.4 Å². The van der Waals surface area contributed by atoms with E-state index in [1.54, 1.807) is 24.7 Å². The number of aromatic nitrogens is 4. The summed E-state index contributed by atoms with van der Waals surface area (Å²) in [5.74, 6) is 1.71. The minimum atomic E-state index is -0.00994. The molecule has 2 atom stereocenters. The highest BCUT2D eigenvalue weighted by Crippen LogP contribution is 2.28. The number of pyridine rings is 1. The Hall–Kier alpha value is -4.07. The van der Waals surface area contributed by atoms with Crippen molar-refractivity contribution in [3.8, 4) is 28.9 Å². The van der Waals surface area contributed by atoms with E-state index in [4.69, 9.17) is 9.15 Å². The Labute approximate surface area is 197 Å². The highest BCUT2D eigenvalue weighted by molar-refractivity contribution is 6.00. The van der Waals surface area contributed by atoms with E-state index >= 15 is 0 Å². The van der Waals surface area contributed by atoms with Crippen LogP contribution in [0.1, 0.15) is 30.1 Å². The first-order chi connectivity index (χ1) is 16.7. The quantitative estimate of drug-likeness (QED) is 0.422. The largest absolute Gasteiger partial charge is 0.477 e. The summed E-state index contributed by atoms with van der Waals surface area (Å²) >= 11 is 0. The molecule has 1 saturated heterocycles. The fourth-order valence-corrected chi connectivity index (χ4v) is 4.23. The third-order valence-electron chi connectivity index (χ3n) is 6.05.